The molecule has 13 heavy (non-hydrogen) atoms. The summed E-state index contributed by atoms with van der Waals surface area (Å²) >= 11 is 2.36. The van der Waals surface area contributed by atoms with Gasteiger partial charge in [0.05, 0.1) is 0 Å². The maximum atomic E-state index is 10.9. The molecule has 0 spiro atoms. The molecule has 0 aromatic rings. The van der Waals surface area contributed by atoms with Crippen molar-refractivity contribution >= 4 is 10.6 Å². The van der Waals surface area contributed by atoms with Crippen molar-refractivity contribution in [3.63, 3.8) is 0 Å². The van der Waals surface area contributed by atoms with Gasteiger partial charge in [-0.3, -0.25) is 0 Å². The van der Waals surface area contributed by atoms with Crippen molar-refractivity contribution in [2.75, 3.05) is 0 Å². The summed E-state index contributed by atoms with van der Waals surface area (Å²) < 4.78 is 1.89. The van der Waals surface area contributed by atoms with Crippen LogP contribution in [0.3, 0.4) is 0 Å². The van der Waals surface area contributed by atoms with Crippen LogP contribution in [-0.4, -0.2) is 21.7 Å². The SMILES string of the molecule is CC1CC(=O)NN1C=C/C=C\[CH]=[V]. The molecule has 1 heterocycles. The Morgan fingerprint density at radius 2 is 2.31 bits per heavy atom. The Balaban J connectivity index is 2.45. The van der Waals surface area contributed by atoms with Gasteiger partial charge in [-0.2, -0.15) is 0 Å². The summed E-state index contributed by atoms with van der Waals surface area (Å²) in [6, 6.07) is 0.249. The minimum absolute atomic E-state index is 0.0832. The van der Waals surface area contributed by atoms with Crippen molar-refractivity contribution < 1.29 is 21.8 Å². The summed E-state index contributed by atoms with van der Waals surface area (Å²) in [6.45, 7) is 2.01. The zero-order valence-electron chi connectivity index (χ0n) is 7.47. The molecule has 1 amide bonds. The predicted molar refractivity (Wildman–Crippen MR) is 48.4 cm³/mol. The molecule has 69 valence electrons. The Bertz CT molecular complexity index is 260. The van der Waals surface area contributed by atoms with E-state index in [9.17, 15) is 4.79 Å². The Morgan fingerprint density at radius 1 is 1.54 bits per heavy atom. The zero-order valence-corrected chi connectivity index (χ0v) is 8.87. The summed E-state index contributed by atoms with van der Waals surface area (Å²) in [5, 5.41) is 1.82. The van der Waals surface area contributed by atoms with Gasteiger partial charge in [0, 0.05) is 0 Å². The maximum absolute atomic E-state index is 10.9. The molecule has 0 aromatic heterocycles. The molecule has 0 saturated carbocycles. The number of hydrogen-bond acceptors (Lipinski definition) is 2. The molecule has 0 bridgehead atoms. The van der Waals surface area contributed by atoms with Crippen LogP contribution in [0.5, 0.6) is 0 Å². The molecule has 1 rings (SSSR count). The van der Waals surface area contributed by atoms with E-state index in [-0.39, 0.29) is 11.9 Å². The third kappa shape index (κ3) is 3.21. The van der Waals surface area contributed by atoms with E-state index >= 15 is 0 Å². The van der Waals surface area contributed by atoms with Crippen molar-refractivity contribution in [3.8, 4) is 0 Å². The van der Waals surface area contributed by atoms with Gasteiger partial charge in [0.1, 0.15) is 0 Å². The summed E-state index contributed by atoms with van der Waals surface area (Å²) in [5.74, 6) is 0.0832. The molecular weight excluding hydrogens is 203 g/mol. The van der Waals surface area contributed by atoms with E-state index < -0.39 is 0 Å². The Morgan fingerprint density at radius 3 is 2.85 bits per heavy atom. The molecular formula is C9H12N2OV. The van der Waals surface area contributed by atoms with Gasteiger partial charge in [0.15, 0.2) is 0 Å². The van der Waals surface area contributed by atoms with Gasteiger partial charge >= 0.3 is 86.7 Å². The van der Waals surface area contributed by atoms with Gasteiger partial charge in [-0.15, -0.1) is 0 Å². The van der Waals surface area contributed by atoms with Gasteiger partial charge in [-0.1, -0.05) is 0 Å². The molecule has 1 aliphatic heterocycles. The normalized spacial score (nSPS) is 22.9. The fourth-order valence-electron chi connectivity index (χ4n) is 1.11. The summed E-state index contributed by atoms with van der Waals surface area (Å²) in [4.78, 5) is 10.9. The van der Waals surface area contributed by atoms with E-state index in [1.54, 1.807) is 0 Å². The first-order valence-corrected chi connectivity index (χ1v) is 4.93. The first kappa shape index (κ1) is 10.3. The van der Waals surface area contributed by atoms with Gasteiger partial charge in [0.25, 0.3) is 0 Å². The molecule has 1 unspecified atom stereocenters. The molecule has 0 aliphatic carbocycles. The first-order valence-electron chi connectivity index (χ1n) is 4.12. The van der Waals surface area contributed by atoms with Crippen LogP contribution >= 0.6 is 0 Å². The number of nitrogens with one attached hydrogen (secondary N) is 1. The van der Waals surface area contributed by atoms with Crippen LogP contribution in [0.2, 0.25) is 0 Å². The molecule has 4 heteroatoms. The number of carbonyl (C=O) groups excluding carboxylic acids is 1. The Labute approximate surface area is 87.0 Å². The average Bonchev–Trinajstić information content (AvgIpc) is 2.39. The fourth-order valence-corrected chi connectivity index (χ4v) is 1.26. The molecule has 1 fully saturated rings. The van der Waals surface area contributed by atoms with Gasteiger partial charge in [-0.25, -0.2) is 0 Å². The monoisotopic (exact) mass is 215 g/mol. The van der Waals surface area contributed by atoms with Crippen LogP contribution in [0, 0.1) is 0 Å². The number of amides is 1. The van der Waals surface area contributed by atoms with Crippen molar-refractivity contribution in [3.05, 3.63) is 24.4 Å². The molecule has 0 aromatic carbocycles. The minimum atomic E-state index is 0.0832. The number of hydrogen-bond donors (Lipinski definition) is 1. The predicted octanol–water partition coefficient (Wildman–Crippen LogP) is 0.531. The van der Waals surface area contributed by atoms with Crippen molar-refractivity contribution in [2.24, 2.45) is 0 Å². The van der Waals surface area contributed by atoms with E-state index in [0.29, 0.717) is 6.42 Å². The summed E-state index contributed by atoms with van der Waals surface area (Å²) in [7, 11) is 0. The second-order valence-electron chi connectivity index (χ2n) is 2.87. The molecule has 3 nitrogen and oxygen atoms in total. The van der Waals surface area contributed by atoms with Crippen LogP contribution in [0.4, 0.5) is 0 Å². The quantitative estimate of drug-likeness (QED) is 0.696. The van der Waals surface area contributed by atoms with Gasteiger partial charge in [0.2, 0.25) is 0 Å². The fraction of sp³-hybridized carbons (Fsp3) is 0.333. The van der Waals surface area contributed by atoms with E-state index in [1.165, 1.54) is 0 Å². The number of rotatable bonds is 3. The topological polar surface area (TPSA) is 32.3 Å². The first-order chi connectivity index (χ1) is 6.24. The number of nitrogens with zero attached hydrogens (tertiary/aromatic N) is 1. The summed E-state index contributed by atoms with van der Waals surface area (Å²) in [5.41, 5.74) is 2.74. The standard InChI is InChI=1S/C9H12N2O.V/c1-3-4-5-6-11-8(2)7-9(12)10-11;/h1,3-6,8H,7H2,2H3,(H,10,12);/b4-3-,6-5?;. The molecule has 1 N–H and O–H groups in total. The van der Waals surface area contributed by atoms with Crippen LogP contribution in [0.1, 0.15) is 13.3 Å². The summed E-state index contributed by atoms with van der Waals surface area (Å²) in [6.07, 6.45) is 8.16. The van der Waals surface area contributed by atoms with Crippen molar-refractivity contribution in [1.29, 1.82) is 0 Å². The average molecular weight is 215 g/mol. The van der Waals surface area contributed by atoms with Gasteiger partial charge < -0.3 is 0 Å². The van der Waals surface area contributed by atoms with Crippen LogP contribution in [0.25, 0.3) is 0 Å². The third-order valence-electron chi connectivity index (χ3n) is 1.76. The van der Waals surface area contributed by atoms with Crippen LogP contribution < -0.4 is 5.43 Å². The number of carbonyl (C=O) groups is 1. The van der Waals surface area contributed by atoms with E-state index in [2.05, 4.69) is 22.4 Å². The molecule has 1 saturated heterocycles. The van der Waals surface area contributed by atoms with E-state index in [0.717, 1.165) is 0 Å². The van der Waals surface area contributed by atoms with Crippen molar-refractivity contribution in [1.82, 2.24) is 10.4 Å². The molecule has 0 radical (unpaired) electrons. The zero-order chi connectivity index (χ0) is 9.68. The van der Waals surface area contributed by atoms with E-state index in [1.807, 2.05) is 41.1 Å². The number of allylic oxidation sites excluding steroid dienone is 3. The van der Waals surface area contributed by atoms with Crippen LogP contribution in [-0.2, 0) is 21.8 Å². The van der Waals surface area contributed by atoms with Gasteiger partial charge in [-0.05, 0) is 0 Å². The van der Waals surface area contributed by atoms with Crippen LogP contribution in [0.15, 0.2) is 24.4 Å². The second kappa shape index (κ2) is 5.05. The second-order valence-corrected chi connectivity index (χ2v) is 3.34. The van der Waals surface area contributed by atoms with Crippen molar-refractivity contribution in [2.45, 2.75) is 19.4 Å². The molecule has 1 atom stereocenters. The molecule has 1 aliphatic rings. The Hall–Kier alpha value is -0.796. The number of hydrazine groups is 1. The van der Waals surface area contributed by atoms with E-state index in [4.69, 9.17) is 0 Å². The Kier molecular flexibility index (Phi) is 3.99. The third-order valence-corrected chi connectivity index (χ3v) is 2.03.